The van der Waals surface area contributed by atoms with E-state index in [9.17, 15) is 13.2 Å². The molecule has 2 aromatic heterocycles. The number of carbonyl (C=O) groups excluding carboxylic acids is 1. The fraction of sp³-hybridized carbons (Fsp3) is 0.412. The zero-order chi connectivity index (χ0) is 18.6. The van der Waals surface area contributed by atoms with Gasteiger partial charge >= 0.3 is 0 Å². The van der Waals surface area contributed by atoms with Gasteiger partial charge in [-0.25, -0.2) is 23.1 Å². The molecule has 8 nitrogen and oxygen atoms in total. The minimum atomic E-state index is -3.29. The standard InChI is InChI=1S/C17H21N5O3S/c1-26(24,25)20-9-7-16(23)21-14-5-2-6-15-13(14)11-19-17(22-15)12-4-3-8-18-10-12/h3-4,8,10-11,14,20H,2,5-7,9H2,1H3,(H,21,23). The number of hydrogen-bond acceptors (Lipinski definition) is 6. The van der Waals surface area contributed by atoms with Gasteiger partial charge in [0.25, 0.3) is 0 Å². The lowest BCUT2D eigenvalue weighted by atomic mass is 9.92. The summed E-state index contributed by atoms with van der Waals surface area (Å²) in [6.45, 7) is 0.0840. The molecule has 0 aromatic carbocycles. The number of nitrogens with one attached hydrogen (secondary N) is 2. The van der Waals surface area contributed by atoms with E-state index >= 15 is 0 Å². The smallest absolute Gasteiger partial charge is 0.221 e. The number of aryl methyl sites for hydroxylation is 1. The van der Waals surface area contributed by atoms with Crippen LogP contribution < -0.4 is 10.0 Å². The molecule has 9 heteroatoms. The monoisotopic (exact) mass is 375 g/mol. The summed E-state index contributed by atoms with van der Waals surface area (Å²) < 4.78 is 24.4. The molecule has 2 aromatic rings. The molecule has 3 rings (SSSR count). The van der Waals surface area contributed by atoms with E-state index in [0.29, 0.717) is 5.82 Å². The summed E-state index contributed by atoms with van der Waals surface area (Å²) in [7, 11) is -3.29. The average Bonchev–Trinajstić information content (AvgIpc) is 2.61. The van der Waals surface area contributed by atoms with Gasteiger partial charge in [0.2, 0.25) is 15.9 Å². The molecule has 1 atom stereocenters. The third kappa shape index (κ3) is 4.83. The molecule has 0 saturated heterocycles. The van der Waals surface area contributed by atoms with Crippen LogP contribution >= 0.6 is 0 Å². The van der Waals surface area contributed by atoms with Crippen LogP contribution in [0, 0.1) is 0 Å². The Morgan fingerprint density at radius 1 is 1.35 bits per heavy atom. The Kier molecular flexibility index (Phi) is 5.58. The molecule has 0 bridgehead atoms. The van der Waals surface area contributed by atoms with Crippen molar-refractivity contribution in [3.63, 3.8) is 0 Å². The summed E-state index contributed by atoms with van der Waals surface area (Å²) >= 11 is 0. The summed E-state index contributed by atoms with van der Waals surface area (Å²) in [6, 6.07) is 3.60. The largest absolute Gasteiger partial charge is 0.349 e. The third-order valence-corrected chi connectivity index (χ3v) is 4.88. The Morgan fingerprint density at radius 3 is 2.92 bits per heavy atom. The van der Waals surface area contributed by atoms with Gasteiger partial charge in [-0.1, -0.05) is 0 Å². The first-order valence-corrected chi connectivity index (χ1v) is 10.3. The molecule has 0 radical (unpaired) electrons. The van der Waals surface area contributed by atoms with Crippen molar-refractivity contribution in [3.05, 3.63) is 42.0 Å². The highest BCUT2D eigenvalue weighted by Gasteiger charge is 2.24. The van der Waals surface area contributed by atoms with Crippen molar-refractivity contribution in [2.75, 3.05) is 12.8 Å². The molecule has 0 spiro atoms. The minimum Gasteiger partial charge on any atom is -0.349 e. The molecule has 26 heavy (non-hydrogen) atoms. The van der Waals surface area contributed by atoms with Crippen molar-refractivity contribution in [1.29, 1.82) is 0 Å². The highest BCUT2D eigenvalue weighted by Crippen LogP contribution is 2.29. The topological polar surface area (TPSA) is 114 Å². The average molecular weight is 375 g/mol. The number of fused-ring (bicyclic) bond motifs is 1. The van der Waals surface area contributed by atoms with Crippen LogP contribution in [0.25, 0.3) is 11.4 Å². The van der Waals surface area contributed by atoms with Crippen LogP contribution in [0.3, 0.4) is 0 Å². The van der Waals surface area contributed by atoms with Gasteiger partial charge in [-0.05, 0) is 31.4 Å². The zero-order valence-corrected chi connectivity index (χ0v) is 15.3. The molecular weight excluding hydrogens is 354 g/mol. The summed E-state index contributed by atoms with van der Waals surface area (Å²) in [6.07, 6.45) is 8.92. The van der Waals surface area contributed by atoms with Gasteiger partial charge in [-0.2, -0.15) is 0 Å². The number of nitrogens with zero attached hydrogens (tertiary/aromatic N) is 3. The maximum atomic E-state index is 12.1. The van der Waals surface area contributed by atoms with Crippen LogP contribution in [0.5, 0.6) is 0 Å². The van der Waals surface area contributed by atoms with Gasteiger partial charge in [0.15, 0.2) is 5.82 Å². The summed E-state index contributed by atoms with van der Waals surface area (Å²) in [5.74, 6) is 0.427. The number of hydrogen-bond donors (Lipinski definition) is 2. The maximum Gasteiger partial charge on any atom is 0.221 e. The Bertz CT molecular complexity index is 887. The number of aromatic nitrogens is 3. The van der Waals surface area contributed by atoms with E-state index in [1.165, 1.54) is 0 Å². The van der Waals surface area contributed by atoms with Gasteiger partial charge in [0.05, 0.1) is 12.3 Å². The molecule has 1 unspecified atom stereocenters. The first-order valence-electron chi connectivity index (χ1n) is 8.42. The van der Waals surface area contributed by atoms with Crippen molar-refractivity contribution in [1.82, 2.24) is 25.0 Å². The van der Waals surface area contributed by atoms with Gasteiger partial charge in [-0.3, -0.25) is 9.78 Å². The van der Waals surface area contributed by atoms with E-state index < -0.39 is 10.0 Å². The fourth-order valence-electron chi connectivity index (χ4n) is 2.95. The number of pyridine rings is 1. The first-order chi connectivity index (χ1) is 12.4. The van der Waals surface area contributed by atoms with Crippen molar-refractivity contribution < 1.29 is 13.2 Å². The molecule has 0 saturated carbocycles. The second-order valence-corrected chi connectivity index (χ2v) is 8.10. The third-order valence-electron chi connectivity index (χ3n) is 4.15. The summed E-state index contributed by atoms with van der Waals surface area (Å²) in [4.78, 5) is 25.2. The second-order valence-electron chi connectivity index (χ2n) is 6.27. The molecule has 1 aliphatic rings. The Labute approximate surface area is 152 Å². The van der Waals surface area contributed by atoms with Gasteiger partial charge in [-0.15, -0.1) is 0 Å². The van der Waals surface area contributed by atoms with Crippen molar-refractivity contribution in [3.8, 4) is 11.4 Å². The first kappa shape index (κ1) is 18.4. The minimum absolute atomic E-state index is 0.0840. The highest BCUT2D eigenvalue weighted by atomic mass is 32.2. The van der Waals surface area contributed by atoms with E-state index in [4.69, 9.17) is 0 Å². The van der Waals surface area contributed by atoms with Crippen LogP contribution in [0.15, 0.2) is 30.7 Å². The molecule has 1 amide bonds. The van der Waals surface area contributed by atoms with Crippen LogP contribution in [-0.2, 0) is 21.2 Å². The maximum absolute atomic E-state index is 12.1. The van der Waals surface area contributed by atoms with Crippen molar-refractivity contribution >= 4 is 15.9 Å². The van der Waals surface area contributed by atoms with Crippen LogP contribution in [0.4, 0.5) is 0 Å². The van der Waals surface area contributed by atoms with Gasteiger partial charge < -0.3 is 5.32 Å². The SMILES string of the molecule is CS(=O)(=O)NCCC(=O)NC1CCCc2nc(-c3cccnc3)ncc21. The van der Waals surface area contributed by atoms with Crippen molar-refractivity contribution in [2.45, 2.75) is 31.7 Å². The number of rotatable bonds is 6. The molecule has 1 aliphatic carbocycles. The molecule has 2 N–H and O–H groups in total. The predicted molar refractivity (Wildman–Crippen MR) is 96.5 cm³/mol. The lowest BCUT2D eigenvalue weighted by Gasteiger charge is -2.25. The van der Waals surface area contributed by atoms with Crippen LogP contribution in [0.2, 0.25) is 0 Å². The predicted octanol–water partition coefficient (Wildman–Crippen LogP) is 0.971. The Morgan fingerprint density at radius 2 is 2.19 bits per heavy atom. The molecule has 2 heterocycles. The van der Waals surface area contributed by atoms with Gasteiger partial charge in [0.1, 0.15) is 0 Å². The molecule has 0 fully saturated rings. The molecule has 0 aliphatic heterocycles. The van der Waals surface area contributed by atoms with Crippen LogP contribution in [-0.4, -0.2) is 42.1 Å². The summed E-state index contributed by atoms with van der Waals surface area (Å²) in [5, 5.41) is 2.95. The number of carbonyl (C=O) groups is 1. The van der Waals surface area contributed by atoms with Crippen molar-refractivity contribution in [2.24, 2.45) is 0 Å². The lowest BCUT2D eigenvalue weighted by Crippen LogP contribution is -2.34. The lowest BCUT2D eigenvalue weighted by molar-refractivity contribution is -0.121. The molecule has 138 valence electrons. The summed E-state index contributed by atoms with van der Waals surface area (Å²) in [5.41, 5.74) is 2.71. The number of sulfonamides is 1. The Balaban J connectivity index is 1.68. The Hall–Kier alpha value is -2.39. The highest BCUT2D eigenvalue weighted by molar-refractivity contribution is 7.88. The van der Waals surface area contributed by atoms with E-state index in [1.54, 1.807) is 18.6 Å². The normalized spacial score (nSPS) is 16.7. The van der Waals surface area contributed by atoms with Gasteiger partial charge in [0, 0.05) is 48.4 Å². The number of amides is 1. The van der Waals surface area contributed by atoms with E-state index in [1.807, 2.05) is 12.1 Å². The quantitative estimate of drug-likeness (QED) is 0.778. The van der Waals surface area contributed by atoms with E-state index in [0.717, 1.165) is 42.3 Å². The van der Waals surface area contributed by atoms with E-state index in [-0.39, 0.29) is 24.9 Å². The zero-order valence-electron chi connectivity index (χ0n) is 14.5. The molecular formula is C17H21N5O3S. The fourth-order valence-corrected chi connectivity index (χ4v) is 3.42. The van der Waals surface area contributed by atoms with E-state index in [2.05, 4.69) is 25.0 Å². The second kappa shape index (κ2) is 7.88. The van der Waals surface area contributed by atoms with Crippen LogP contribution in [0.1, 0.15) is 36.6 Å².